The number of benzene rings is 7. The first-order valence-electron chi connectivity index (χ1n) is 19.9. The number of hydrogen-bond donors (Lipinski definition) is 7. The lowest BCUT2D eigenvalue weighted by molar-refractivity contribution is -0.114. The summed E-state index contributed by atoms with van der Waals surface area (Å²) in [5.74, 6) is -0.862. The number of nitriles is 1. The Morgan fingerprint density at radius 2 is 1.09 bits per heavy atom. The smallest absolute Gasteiger partial charge is 0.257 e. The van der Waals surface area contributed by atoms with Gasteiger partial charge < -0.3 is 36.4 Å². The zero-order valence-electron chi connectivity index (χ0n) is 36.2. The van der Waals surface area contributed by atoms with Gasteiger partial charge in [0.2, 0.25) is 11.8 Å². The van der Waals surface area contributed by atoms with E-state index >= 15 is 0 Å². The van der Waals surface area contributed by atoms with E-state index in [1.807, 2.05) is 78.9 Å². The van der Waals surface area contributed by atoms with Crippen molar-refractivity contribution in [3.8, 4) is 29.1 Å². The average molecular weight is 882 g/mol. The Labute approximate surface area is 381 Å². The third kappa shape index (κ3) is 13.5. The van der Waals surface area contributed by atoms with Gasteiger partial charge in [-0.15, -0.1) is 0 Å². The fraction of sp³-hybridized carbons (Fsp3) is 0.0377. The maximum absolute atomic E-state index is 12.3. The van der Waals surface area contributed by atoms with E-state index in [1.54, 1.807) is 73.3 Å². The van der Waals surface area contributed by atoms with E-state index in [1.165, 1.54) is 24.3 Å². The van der Waals surface area contributed by atoms with Crippen molar-refractivity contribution in [1.82, 2.24) is 0 Å². The Morgan fingerprint density at radius 1 is 0.561 bits per heavy atom. The largest absolute Gasteiger partial charge is 0.508 e. The molecule has 0 aromatic heterocycles. The fourth-order valence-corrected chi connectivity index (χ4v) is 5.83. The van der Waals surface area contributed by atoms with Crippen LogP contribution >= 0.6 is 0 Å². The molecule has 4 amide bonds. The number of carbonyl (C=O) groups is 4. The fourth-order valence-electron chi connectivity index (χ4n) is 5.83. The maximum atomic E-state index is 12.3. The molecule has 7 aromatic carbocycles. The Balaban J connectivity index is 0.000000193. The summed E-state index contributed by atoms with van der Waals surface area (Å²) in [4.78, 5) is 47.6. The molecule has 0 aliphatic heterocycles. The van der Waals surface area contributed by atoms with E-state index in [2.05, 4.69) is 42.3 Å². The van der Waals surface area contributed by atoms with Gasteiger partial charge in [-0.1, -0.05) is 99.1 Å². The summed E-state index contributed by atoms with van der Waals surface area (Å²) < 4.78 is 0. The zero-order chi connectivity index (χ0) is 48.3. The van der Waals surface area contributed by atoms with Crippen LogP contribution in [0.25, 0.3) is 21.5 Å². The standard InChI is InChI=1S/C16H15NO2.C14H13NO2.C13H11NO2.C10H8N2O2/c1-12(2)16(19)17(13-6-4-3-5-7-13)14-8-10-15(18)11-9-14;1-9(2)14(17)15-13-11-6-4-3-5-10(11)7-8-12(13)16;1-2-13(16)14-11-7-8-12(15)10-6-4-3-5-9(10)11;1-2-10(14)12-8-4-3-7(6-11)5-9(8)13/h3-11,18H,1H2,2H3;3-8,16H,1H2,2H3,(H,15,17);2-8,15H,1H2,(H,14,16);2-5,13H,1H2,(H,12,14). The van der Waals surface area contributed by atoms with Crippen molar-refractivity contribution in [1.29, 1.82) is 5.26 Å². The number of rotatable bonds is 9. The Kier molecular flexibility index (Phi) is 17.7. The number of nitrogens with one attached hydrogen (secondary N) is 3. The molecule has 0 heterocycles. The second-order valence-corrected chi connectivity index (χ2v) is 14.1. The van der Waals surface area contributed by atoms with Crippen LogP contribution in [0, 0.1) is 11.3 Å². The molecule has 7 rings (SSSR count). The highest BCUT2D eigenvalue weighted by molar-refractivity contribution is 6.11. The molecule has 0 bridgehead atoms. The summed E-state index contributed by atoms with van der Waals surface area (Å²) in [6, 6.07) is 43.4. The highest BCUT2D eigenvalue weighted by Crippen LogP contribution is 2.33. The van der Waals surface area contributed by atoms with E-state index < -0.39 is 5.91 Å². The number of phenolic OH excluding ortho intramolecular Hbond substituents is 4. The summed E-state index contributed by atoms with van der Waals surface area (Å²) in [6.07, 6.45) is 2.30. The predicted octanol–water partition coefficient (Wildman–Crippen LogP) is 10.8. The first-order chi connectivity index (χ1) is 31.6. The molecular formula is C53H47N5O8. The third-order valence-corrected chi connectivity index (χ3v) is 9.14. The maximum Gasteiger partial charge on any atom is 0.257 e. The number of anilines is 5. The number of aromatic hydroxyl groups is 4. The zero-order valence-corrected chi connectivity index (χ0v) is 36.2. The quantitative estimate of drug-likeness (QED) is 0.0417. The van der Waals surface area contributed by atoms with E-state index in [4.69, 9.17) is 5.26 Å². The van der Waals surface area contributed by atoms with Crippen LogP contribution in [0.4, 0.5) is 28.4 Å². The molecule has 0 fully saturated rings. The van der Waals surface area contributed by atoms with Crippen molar-refractivity contribution in [2.45, 2.75) is 13.8 Å². The lowest BCUT2D eigenvalue weighted by Crippen LogP contribution is -2.26. The molecule has 0 aliphatic carbocycles. The van der Waals surface area contributed by atoms with E-state index in [-0.39, 0.29) is 46.4 Å². The van der Waals surface area contributed by atoms with E-state index in [0.717, 1.165) is 27.9 Å². The monoisotopic (exact) mass is 881 g/mol. The Hall–Kier alpha value is -9.41. The summed E-state index contributed by atoms with van der Waals surface area (Å²) >= 11 is 0. The Morgan fingerprint density at radius 3 is 1.67 bits per heavy atom. The molecule has 7 N–H and O–H groups in total. The second-order valence-electron chi connectivity index (χ2n) is 14.1. The molecule has 0 radical (unpaired) electrons. The van der Waals surface area contributed by atoms with Gasteiger partial charge in [-0.2, -0.15) is 5.26 Å². The topological polar surface area (TPSA) is 212 Å². The number of hydrogen-bond acceptors (Lipinski definition) is 9. The Bertz CT molecular complexity index is 2980. The normalized spacial score (nSPS) is 9.77. The molecule has 332 valence electrons. The van der Waals surface area contributed by atoms with Crippen molar-refractivity contribution < 1.29 is 39.6 Å². The van der Waals surface area contributed by atoms with Crippen molar-refractivity contribution in [3.05, 3.63) is 201 Å². The van der Waals surface area contributed by atoms with Gasteiger partial charge in [0.1, 0.15) is 23.0 Å². The number of fused-ring (bicyclic) bond motifs is 2. The van der Waals surface area contributed by atoms with Crippen LogP contribution < -0.4 is 20.9 Å². The average Bonchev–Trinajstić information content (AvgIpc) is 3.33. The van der Waals surface area contributed by atoms with Crippen LogP contribution in [0.1, 0.15) is 19.4 Å². The van der Waals surface area contributed by atoms with Crippen molar-refractivity contribution in [2.75, 3.05) is 20.9 Å². The molecule has 13 nitrogen and oxygen atoms in total. The lowest BCUT2D eigenvalue weighted by Gasteiger charge is -2.23. The molecule has 0 saturated carbocycles. The number of para-hydroxylation sites is 1. The van der Waals surface area contributed by atoms with Crippen LogP contribution in [-0.4, -0.2) is 44.1 Å². The SMILES string of the molecule is C=C(C)C(=O)N(c1ccccc1)c1ccc(O)cc1.C=C(C)C(=O)Nc1c(O)ccc2ccccc12.C=CC(=O)Nc1ccc(C#N)cc1O.C=CC(=O)Nc1ccc(O)c2ccccc12. The summed E-state index contributed by atoms with van der Waals surface area (Å²) in [5.41, 5.74) is 4.00. The van der Waals surface area contributed by atoms with Gasteiger partial charge in [0.15, 0.2) is 0 Å². The third-order valence-electron chi connectivity index (χ3n) is 9.14. The van der Waals surface area contributed by atoms with Gasteiger partial charge in [-0.05, 0) is 104 Å². The van der Waals surface area contributed by atoms with Gasteiger partial charge in [0.25, 0.3) is 11.8 Å². The van der Waals surface area contributed by atoms with Crippen molar-refractivity contribution in [2.24, 2.45) is 0 Å². The molecular weight excluding hydrogens is 835 g/mol. The van der Waals surface area contributed by atoms with Gasteiger partial charge in [0.05, 0.1) is 23.0 Å². The minimum Gasteiger partial charge on any atom is -0.508 e. The first kappa shape index (κ1) is 49.2. The number of carbonyl (C=O) groups excluding carboxylic acids is 4. The van der Waals surface area contributed by atoms with Gasteiger partial charge in [-0.3, -0.25) is 24.1 Å². The molecule has 66 heavy (non-hydrogen) atoms. The molecule has 0 atom stereocenters. The summed E-state index contributed by atoms with van der Waals surface area (Å²) in [6.45, 7) is 17.2. The molecule has 0 aliphatic rings. The van der Waals surface area contributed by atoms with Crippen LogP contribution in [0.2, 0.25) is 0 Å². The summed E-state index contributed by atoms with van der Waals surface area (Å²) in [7, 11) is 0. The highest BCUT2D eigenvalue weighted by atomic mass is 16.3. The number of nitrogens with zero attached hydrogens (tertiary/aromatic N) is 2. The molecule has 0 unspecified atom stereocenters. The minimum absolute atomic E-state index is 0.0540. The second kappa shape index (κ2) is 23.7. The van der Waals surface area contributed by atoms with E-state index in [0.29, 0.717) is 39.2 Å². The summed E-state index contributed by atoms with van der Waals surface area (Å²) in [5, 5.41) is 57.7. The van der Waals surface area contributed by atoms with Gasteiger partial charge >= 0.3 is 0 Å². The lowest BCUT2D eigenvalue weighted by atomic mass is 10.1. The number of phenols is 4. The van der Waals surface area contributed by atoms with Gasteiger partial charge in [-0.25, -0.2) is 0 Å². The molecule has 0 spiro atoms. The highest BCUT2D eigenvalue weighted by Gasteiger charge is 2.18. The van der Waals surface area contributed by atoms with Crippen LogP contribution in [0.5, 0.6) is 23.0 Å². The number of amides is 4. The van der Waals surface area contributed by atoms with Crippen LogP contribution in [0.15, 0.2) is 195 Å². The first-order valence-corrected chi connectivity index (χ1v) is 19.9. The van der Waals surface area contributed by atoms with E-state index in [9.17, 15) is 39.6 Å². The molecule has 0 saturated heterocycles. The molecule has 13 heteroatoms. The predicted molar refractivity (Wildman–Crippen MR) is 262 cm³/mol. The van der Waals surface area contributed by atoms with Crippen molar-refractivity contribution in [3.63, 3.8) is 0 Å². The van der Waals surface area contributed by atoms with Crippen molar-refractivity contribution >= 4 is 73.6 Å². The van der Waals surface area contributed by atoms with Crippen LogP contribution in [0.3, 0.4) is 0 Å². The van der Waals surface area contributed by atoms with Crippen LogP contribution in [-0.2, 0) is 19.2 Å². The van der Waals surface area contributed by atoms with Gasteiger partial charge in [0, 0.05) is 44.4 Å². The molecule has 7 aromatic rings. The minimum atomic E-state index is -0.412.